The molecule has 0 radical (unpaired) electrons. The Morgan fingerprint density at radius 2 is 1.69 bits per heavy atom. The fourth-order valence-corrected chi connectivity index (χ4v) is 4.85. The molecule has 0 atom stereocenters. The first-order chi connectivity index (χ1) is 16.4. The van der Waals surface area contributed by atoms with Crippen LogP contribution in [0.2, 0.25) is 0 Å². The minimum atomic E-state index is -2.85. The van der Waals surface area contributed by atoms with E-state index in [1.54, 1.807) is 30.3 Å². The molecular formula is C27H28F2N2O4. The second-order valence-corrected chi connectivity index (χ2v) is 10.4. The molecule has 1 aliphatic heterocycles. The molecule has 2 aliphatic rings. The molecule has 2 aromatic rings. The predicted octanol–water partition coefficient (Wildman–Crippen LogP) is 5.15. The number of urea groups is 1. The maximum absolute atomic E-state index is 13.6. The van der Waals surface area contributed by atoms with E-state index in [-0.39, 0.29) is 18.3 Å². The zero-order valence-electron chi connectivity index (χ0n) is 20.0. The summed E-state index contributed by atoms with van der Waals surface area (Å²) in [6.45, 7) is 5.49. The molecule has 1 spiro atoms. The quantitative estimate of drug-likeness (QED) is 0.363. The van der Waals surface area contributed by atoms with Crippen LogP contribution in [0.4, 0.5) is 13.6 Å². The zero-order valence-corrected chi connectivity index (χ0v) is 20.0. The Morgan fingerprint density at radius 1 is 1.03 bits per heavy atom. The van der Waals surface area contributed by atoms with E-state index in [0.29, 0.717) is 11.1 Å². The van der Waals surface area contributed by atoms with Crippen LogP contribution in [0.15, 0.2) is 42.5 Å². The van der Waals surface area contributed by atoms with Gasteiger partial charge in [0.2, 0.25) is 5.92 Å². The molecular weight excluding hydrogens is 454 g/mol. The lowest BCUT2D eigenvalue weighted by atomic mass is 9.79. The van der Waals surface area contributed by atoms with Gasteiger partial charge in [0.25, 0.3) is 5.91 Å². The number of benzene rings is 2. The number of imide groups is 1. The number of nitrogens with zero attached hydrogens (tertiary/aromatic N) is 1. The van der Waals surface area contributed by atoms with Crippen LogP contribution in [-0.4, -0.2) is 46.9 Å². The van der Waals surface area contributed by atoms with E-state index in [2.05, 4.69) is 5.32 Å². The Labute approximate surface area is 202 Å². The minimum Gasteiger partial charge on any atom is -0.323 e. The van der Waals surface area contributed by atoms with E-state index < -0.39 is 48.6 Å². The lowest BCUT2D eigenvalue weighted by molar-refractivity contribution is -0.135. The summed E-state index contributed by atoms with van der Waals surface area (Å²) in [4.78, 5) is 51.1. The third-order valence-corrected chi connectivity index (χ3v) is 6.91. The number of halogens is 2. The van der Waals surface area contributed by atoms with E-state index in [9.17, 15) is 28.0 Å². The number of amides is 3. The number of hydrogen-bond acceptors (Lipinski definition) is 4. The number of Topliss-reactive ketones (excluding diaryl/α,β-unsaturated/α-hetero) is 1. The number of carbonyl (C=O) groups excluding carboxylic acids is 4. The van der Waals surface area contributed by atoms with Crippen molar-refractivity contribution in [1.29, 1.82) is 0 Å². The number of carbonyl (C=O) groups is 4. The summed E-state index contributed by atoms with van der Waals surface area (Å²) >= 11 is 0. The summed E-state index contributed by atoms with van der Waals surface area (Å²) in [7, 11) is 0. The Hall–Kier alpha value is -3.42. The number of ketones is 1. The largest absolute Gasteiger partial charge is 0.325 e. The van der Waals surface area contributed by atoms with Crippen molar-refractivity contribution in [3.8, 4) is 11.1 Å². The molecule has 1 saturated carbocycles. The Morgan fingerprint density at radius 3 is 2.31 bits per heavy atom. The topological polar surface area (TPSA) is 83.6 Å². The summed E-state index contributed by atoms with van der Waals surface area (Å²) in [6.07, 6.45) is -0.503. The van der Waals surface area contributed by atoms with E-state index in [1.165, 1.54) is 0 Å². The van der Waals surface area contributed by atoms with E-state index in [0.717, 1.165) is 27.9 Å². The predicted molar refractivity (Wildman–Crippen MR) is 127 cm³/mol. The van der Waals surface area contributed by atoms with Crippen LogP contribution < -0.4 is 5.32 Å². The molecule has 35 heavy (non-hydrogen) atoms. The minimum absolute atomic E-state index is 0.158. The highest BCUT2D eigenvalue weighted by Gasteiger charge is 2.55. The third-order valence-electron chi connectivity index (χ3n) is 6.91. The van der Waals surface area contributed by atoms with Crippen LogP contribution in [0.1, 0.15) is 72.7 Å². The second kappa shape index (κ2) is 8.66. The average molecular weight is 483 g/mol. The maximum Gasteiger partial charge on any atom is 0.325 e. The zero-order chi connectivity index (χ0) is 25.6. The van der Waals surface area contributed by atoms with Gasteiger partial charge in [0.05, 0.1) is 6.54 Å². The smallest absolute Gasteiger partial charge is 0.323 e. The van der Waals surface area contributed by atoms with Crippen molar-refractivity contribution in [1.82, 2.24) is 10.2 Å². The van der Waals surface area contributed by atoms with Crippen molar-refractivity contribution in [2.45, 2.75) is 63.3 Å². The van der Waals surface area contributed by atoms with Crippen molar-refractivity contribution in [3.63, 3.8) is 0 Å². The van der Waals surface area contributed by atoms with Gasteiger partial charge in [-0.1, -0.05) is 57.2 Å². The molecule has 0 bridgehead atoms. The fourth-order valence-electron chi connectivity index (χ4n) is 4.85. The Kier molecular flexibility index (Phi) is 6.11. The van der Waals surface area contributed by atoms with Gasteiger partial charge in [-0.15, -0.1) is 0 Å². The van der Waals surface area contributed by atoms with Crippen LogP contribution in [0, 0.1) is 0 Å². The molecule has 8 heteroatoms. The molecule has 1 saturated heterocycles. The molecule has 1 N–H and O–H groups in total. The standard InChI is InChI=1S/C27H28F2N2O4/c1-25(2,3)21-14-17(8-9-20(21)19-7-5-4-6-18(19)16-32)22(33)15-31-23(34)26(30-24(31)35)10-12-27(28,29)13-11-26/h4-9,14,16H,10-13,15H2,1-3H3,(H,30,35). The van der Waals surface area contributed by atoms with Crippen LogP contribution in [0.3, 0.4) is 0 Å². The monoisotopic (exact) mass is 482 g/mol. The first-order valence-corrected chi connectivity index (χ1v) is 11.6. The van der Waals surface area contributed by atoms with E-state index in [1.807, 2.05) is 32.9 Å². The van der Waals surface area contributed by atoms with Gasteiger partial charge < -0.3 is 5.32 Å². The van der Waals surface area contributed by atoms with Crippen molar-refractivity contribution in [3.05, 3.63) is 59.2 Å². The molecule has 0 aromatic heterocycles. The fraction of sp³-hybridized carbons (Fsp3) is 0.407. The molecule has 1 heterocycles. The van der Waals surface area contributed by atoms with Gasteiger partial charge in [-0.05, 0) is 41.0 Å². The Bertz CT molecular complexity index is 1210. The molecule has 2 fully saturated rings. The molecule has 0 unspecified atom stereocenters. The molecule has 3 amide bonds. The number of rotatable bonds is 5. The maximum atomic E-state index is 13.6. The van der Waals surface area contributed by atoms with Gasteiger partial charge in [0.15, 0.2) is 12.1 Å². The first kappa shape index (κ1) is 24.7. The van der Waals surface area contributed by atoms with Crippen LogP contribution in [0.5, 0.6) is 0 Å². The van der Waals surface area contributed by atoms with Gasteiger partial charge in [-0.2, -0.15) is 0 Å². The molecule has 1 aliphatic carbocycles. The van der Waals surface area contributed by atoms with E-state index >= 15 is 0 Å². The normalized spacial score (nSPS) is 19.1. The number of hydrogen-bond donors (Lipinski definition) is 1. The molecule has 184 valence electrons. The van der Waals surface area contributed by atoms with Crippen LogP contribution >= 0.6 is 0 Å². The van der Waals surface area contributed by atoms with Gasteiger partial charge in [-0.3, -0.25) is 19.3 Å². The number of aldehydes is 1. The van der Waals surface area contributed by atoms with Crippen molar-refractivity contribution in [2.75, 3.05) is 6.54 Å². The van der Waals surface area contributed by atoms with E-state index in [4.69, 9.17) is 0 Å². The van der Waals surface area contributed by atoms with Crippen molar-refractivity contribution in [2.24, 2.45) is 0 Å². The van der Waals surface area contributed by atoms with Gasteiger partial charge in [-0.25, -0.2) is 13.6 Å². The molecule has 6 nitrogen and oxygen atoms in total. The molecule has 4 rings (SSSR count). The molecule has 2 aromatic carbocycles. The van der Waals surface area contributed by atoms with Gasteiger partial charge in [0, 0.05) is 24.0 Å². The number of nitrogens with one attached hydrogen (secondary N) is 1. The highest BCUT2D eigenvalue weighted by atomic mass is 19.3. The lowest BCUT2D eigenvalue weighted by Crippen LogP contribution is -2.51. The van der Waals surface area contributed by atoms with Crippen LogP contribution in [-0.2, 0) is 10.2 Å². The summed E-state index contributed by atoms with van der Waals surface area (Å²) < 4.78 is 27.2. The summed E-state index contributed by atoms with van der Waals surface area (Å²) in [5, 5.41) is 2.56. The second-order valence-electron chi connectivity index (χ2n) is 10.4. The van der Waals surface area contributed by atoms with Crippen molar-refractivity contribution >= 4 is 24.0 Å². The highest BCUT2D eigenvalue weighted by Crippen LogP contribution is 2.41. The van der Waals surface area contributed by atoms with Crippen molar-refractivity contribution < 1.29 is 28.0 Å². The van der Waals surface area contributed by atoms with Gasteiger partial charge >= 0.3 is 6.03 Å². The Balaban J connectivity index is 1.61. The number of alkyl halides is 2. The third kappa shape index (κ3) is 4.61. The SMILES string of the molecule is CC(C)(C)c1cc(C(=O)CN2C(=O)NC3(CCC(F)(F)CC3)C2=O)ccc1-c1ccccc1C=O. The van der Waals surface area contributed by atoms with Gasteiger partial charge in [0.1, 0.15) is 5.54 Å². The summed E-state index contributed by atoms with van der Waals surface area (Å²) in [6, 6.07) is 11.6. The average Bonchev–Trinajstić information content (AvgIpc) is 3.04. The first-order valence-electron chi connectivity index (χ1n) is 11.6. The summed E-state index contributed by atoms with van der Waals surface area (Å²) in [5.41, 5.74) is 1.50. The lowest BCUT2D eigenvalue weighted by Gasteiger charge is -2.34. The summed E-state index contributed by atoms with van der Waals surface area (Å²) in [5.74, 6) is -3.92. The van der Waals surface area contributed by atoms with Crippen LogP contribution in [0.25, 0.3) is 11.1 Å². The highest BCUT2D eigenvalue weighted by molar-refractivity contribution is 6.11.